The molecule has 0 radical (unpaired) electrons. The van der Waals surface area contributed by atoms with Gasteiger partial charge in [0.05, 0.1) is 15.2 Å². The summed E-state index contributed by atoms with van der Waals surface area (Å²) in [7, 11) is 0. The molecule has 0 unspecified atom stereocenters. The third-order valence-corrected chi connectivity index (χ3v) is 4.00. The van der Waals surface area contributed by atoms with Crippen molar-refractivity contribution >= 4 is 45.3 Å². The van der Waals surface area contributed by atoms with Gasteiger partial charge in [0, 0.05) is 0 Å². The Kier molecular flexibility index (Phi) is 3.23. The van der Waals surface area contributed by atoms with Crippen LogP contribution in [0.4, 0.5) is 0 Å². The van der Waals surface area contributed by atoms with Crippen molar-refractivity contribution < 1.29 is 5.11 Å². The second kappa shape index (κ2) is 5.03. The smallest absolute Gasteiger partial charge is 0.134 e. The summed E-state index contributed by atoms with van der Waals surface area (Å²) in [4.78, 5) is 4.52. The summed E-state index contributed by atoms with van der Waals surface area (Å²) in [5.74, 6) is 0.0961. The summed E-state index contributed by atoms with van der Waals surface area (Å²) in [6.07, 6.45) is 3.89. The lowest BCUT2D eigenvalue weighted by atomic mass is 10.2. The third kappa shape index (κ3) is 2.62. The maximum Gasteiger partial charge on any atom is 0.134 e. The van der Waals surface area contributed by atoms with Crippen molar-refractivity contribution in [3.8, 4) is 5.75 Å². The van der Waals surface area contributed by atoms with E-state index in [9.17, 15) is 5.11 Å². The molecule has 0 aliphatic carbocycles. The number of rotatable bonds is 2. The third-order valence-electron chi connectivity index (χ3n) is 2.70. The highest BCUT2D eigenvalue weighted by Gasteiger charge is 2.00. The van der Waals surface area contributed by atoms with Crippen LogP contribution in [-0.2, 0) is 0 Å². The molecule has 0 spiro atoms. The van der Waals surface area contributed by atoms with Gasteiger partial charge in [-0.15, -0.1) is 11.3 Å². The van der Waals surface area contributed by atoms with E-state index in [0.717, 1.165) is 16.1 Å². The van der Waals surface area contributed by atoms with E-state index in [0.29, 0.717) is 5.02 Å². The molecule has 2 aromatic carbocycles. The Balaban J connectivity index is 1.91. The number of phenols is 1. The molecule has 4 heteroatoms. The van der Waals surface area contributed by atoms with Gasteiger partial charge < -0.3 is 5.11 Å². The van der Waals surface area contributed by atoms with E-state index >= 15 is 0 Å². The maximum atomic E-state index is 9.36. The van der Waals surface area contributed by atoms with Gasteiger partial charge in [0.2, 0.25) is 0 Å². The molecule has 1 heterocycles. The van der Waals surface area contributed by atoms with E-state index in [1.165, 1.54) is 4.70 Å². The normalized spacial score (nSPS) is 11.4. The number of hydrogen-bond donors (Lipinski definition) is 1. The van der Waals surface area contributed by atoms with Crippen LogP contribution in [0.5, 0.6) is 5.75 Å². The molecule has 1 aromatic heterocycles. The fourth-order valence-electron chi connectivity index (χ4n) is 1.76. The van der Waals surface area contributed by atoms with E-state index in [1.54, 1.807) is 23.5 Å². The summed E-state index contributed by atoms with van der Waals surface area (Å²) >= 11 is 7.51. The molecule has 0 fully saturated rings. The van der Waals surface area contributed by atoms with E-state index in [2.05, 4.69) is 11.1 Å². The molecule has 0 aliphatic rings. The average molecular weight is 288 g/mol. The first-order valence-corrected chi connectivity index (χ1v) is 6.94. The summed E-state index contributed by atoms with van der Waals surface area (Å²) in [5.41, 5.74) is 1.94. The molecule has 2 nitrogen and oxygen atoms in total. The van der Waals surface area contributed by atoms with Crippen molar-refractivity contribution in [3.63, 3.8) is 0 Å². The second-order valence-electron chi connectivity index (χ2n) is 4.06. The van der Waals surface area contributed by atoms with Gasteiger partial charge in [-0.25, -0.2) is 4.98 Å². The van der Waals surface area contributed by atoms with Crippen LogP contribution in [0.25, 0.3) is 22.4 Å². The Morgan fingerprint density at radius 1 is 1.11 bits per heavy atom. The Morgan fingerprint density at radius 3 is 2.74 bits per heavy atom. The predicted molar refractivity (Wildman–Crippen MR) is 81.7 cm³/mol. The van der Waals surface area contributed by atoms with Crippen LogP contribution in [0, 0.1) is 0 Å². The molecule has 0 aliphatic heterocycles. The van der Waals surface area contributed by atoms with Gasteiger partial charge in [-0.3, -0.25) is 0 Å². The minimum atomic E-state index is 0.0961. The number of halogens is 1. The van der Waals surface area contributed by atoms with Crippen LogP contribution in [0.1, 0.15) is 10.6 Å². The minimum absolute atomic E-state index is 0.0961. The lowest BCUT2D eigenvalue weighted by Gasteiger charge is -1.97. The highest BCUT2D eigenvalue weighted by atomic mass is 35.5. The Bertz CT molecular complexity index is 731. The number of fused-ring (bicyclic) bond motifs is 1. The molecule has 0 amide bonds. The lowest BCUT2D eigenvalue weighted by Crippen LogP contribution is -1.74. The summed E-state index contributed by atoms with van der Waals surface area (Å²) in [6, 6.07) is 13.2. The minimum Gasteiger partial charge on any atom is -0.506 e. The summed E-state index contributed by atoms with van der Waals surface area (Å²) < 4.78 is 1.17. The second-order valence-corrected chi connectivity index (χ2v) is 5.53. The molecule has 1 N–H and O–H groups in total. The zero-order chi connectivity index (χ0) is 13.2. The van der Waals surface area contributed by atoms with Crippen LogP contribution in [-0.4, -0.2) is 10.1 Å². The van der Waals surface area contributed by atoms with Gasteiger partial charge >= 0.3 is 0 Å². The number of thiazole rings is 1. The van der Waals surface area contributed by atoms with E-state index in [4.69, 9.17) is 11.6 Å². The number of hydrogen-bond acceptors (Lipinski definition) is 3. The zero-order valence-electron chi connectivity index (χ0n) is 9.88. The molecule has 0 saturated carbocycles. The van der Waals surface area contributed by atoms with Crippen molar-refractivity contribution in [1.82, 2.24) is 4.98 Å². The van der Waals surface area contributed by atoms with Gasteiger partial charge in [0.1, 0.15) is 10.8 Å². The Labute approximate surface area is 119 Å². The van der Waals surface area contributed by atoms with Crippen molar-refractivity contribution in [1.29, 1.82) is 0 Å². The fraction of sp³-hybridized carbons (Fsp3) is 0. The average Bonchev–Trinajstić information content (AvgIpc) is 2.83. The van der Waals surface area contributed by atoms with Gasteiger partial charge in [0.15, 0.2) is 0 Å². The SMILES string of the molecule is Oc1ccc(/C=C/c2nc3ccccc3s2)cc1Cl. The standard InChI is InChI=1S/C15H10ClNOS/c16-11-9-10(5-7-13(11)18)6-8-15-17-12-3-1-2-4-14(12)19-15/h1-9,18H/b8-6+. The van der Waals surface area contributed by atoms with Crippen LogP contribution >= 0.6 is 22.9 Å². The fourth-order valence-corrected chi connectivity index (χ4v) is 2.81. The van der Waals surface area contributed by atoms with Crippen LogP contribution < -0.4 is 0 Å². The molecular weight excluding hydrogens is 278 g/mol. The predicted octanol–water partition coefficient (Wildman–Crippen LogP) is 4.83. The maximum absolute atomic E-state index is 9.36. The summed E-state index contributed by atoms with van der Waals surface area (Å²) in [6.45, 7) is 0. The van der Waals surface area contributed by atoms with Gasteiger partial charge in [0.25, 0.3) is 0 Å². The quantitative estimate of drug-likeness (QED) is 0.732. The zero-order valence-corrected chi connectivity index (χ0v) is 11.4. The van der Waals surface area contributed by atoms with E-state index in [-0.39, 0.29) is 5.75 Å². The number of aromatic nitrogens is 1. The van der Waals surface area contributed by atoms with Crippen molar-refractivity contribution in [3.05, 3.63) is 58.1 Å². The first-order chi connectivity index (χ1) is 9.22. The summed E-state index contributed by atoms with van der Waals surface area (Å²) in [5, 5.41) is 10.7. The number of para-hydroxylation sites is 1. The molecule has 94 valence electrons. The molecule has 19 heavy (non-hydrogen) atoms. The van der Waals surface area contributed by atoms with E-state index in [1.807, 2.05) is 36.4 Å². The Morgan fingerprint density at radius 2 is 1.95 bits per heavy atom. The van der Waals surface area contributed by atoms with Crippen molar-refractivity contribution in [2.24, 2.45) is 0 Å². The van der Waals surface area contributed by atoms with Crippen LogP contribution in [0.15, 0.2) is 42.5 Å². The van der Waals surface area contributed by atoms with Crippen molar-refractivity contribution in [2.45, 2.75) is 0 Å². The van der Waals surface area contributed by atoms with Crippen LogP contribution in [0.2, 0.25) is 5.02 Å². The molecule has 3 rings (SSSR count). The monoisotopic (exact) mass is 287 g/mol. The van der Waals surface area contributed by atoms with Crippen molar-refractivity contribution in [2.75, 3.05) is 0 Å². The highest BCUT2D eigenvalue weighted by Crippen LogP contribution is 2.26. The Hall–Kier alpha value is -1.84. The van der Waals surface area contributed by atoms with E-state index < -0.39 is 0 Å². The molecule has 3 aromatic rings. The largest absolute Gasteiger partial charge is 0.506 e. The number of aromatic hydroxyl groups is 1. The lowest BCUT2D eigenvalue weighted by molar-refractivity contribution is 0.475. The molecular formula is C15H10ClNOS. The number of benzene rings is 2. The topological polar surface area (TPSA) is 33.1 Å². The van der Waals surface area contributed by atoms with Gasteiger partial charge in [-0.2, -0.15) is 0 Å². The molecule has 0 saturated heterocycles. The first-order valence-electron chi connectivity index (χ1n) is 5.74. The number of nitrogens with zero attached hydrogens (tertiary/aromatic N) is 1. The first kappa shape index (κ1) is 12.2. The van der Waals surface area contributed by atoms with Gasteiger partial charge in [-0.05, 0) is 35.9 Å². The number of phenolic OH excluding ortho intramolecular Hbond substituents is 1. The highest BCUT2D eigenvalue weighted by molar-refractivity contribution is 7.19. The van der Waals surface area contributed by atoms with Gasteiger partial charge in [-0.1, -0.05) is 35.9 Å². The molecule has 0 bridgehead atoms. The molecule has 0 atom stereocenters. The van der Waals surface area contributed by atoms with Crippen LogP contribution in [0.3, 0.4) is 0 Å².